The number of carbonyl (C=O) groups is 1. The summed E-state index contributed by atoms with van der Waals surface area (Å²) in [5.74, 6) is -0.933. The fraction of sp³-hybridized carbons (Fsp3) is 0. The van der Waals surface area contributed by atoms with Crippen LogP contribution in [0.1, 0.15) is 5.56 Å². The van der Waals surface area contributed by atoms with Gasteiger partial charge in [-0.05, 0) is 48.1 Å². The van der Waals surface area contributed by atoms with Gasteiger partial charge in [-0.2, -0.15) is 0 Å². The average molecular weight is 369 g/mol. The molecule has 1 amide bonds. The van der Waals surface area contributed by atoms with Gasteiger partial charge in [0.25, 0.3) is 0 Å². The van der Waals surface area contributed by atoms with Crippen molar-refractivity contribution < 1.29 is 9.18 Å². The molecule has 0 radical (unpaired) electrons. The third kappa shape index (κ3) is 5.32. The fourth-order valence-corrected chi connectivity index (χ4v) is 2.35. The van der Waals surface area contributed by atoms with E-state index in [0.717, 1.165) is 0 Å². The number of anilines is 1. The van der Waals surface area contributed by atoms with Crippen molar-refractivity contribution in [2.75, 3.05) is 5.32 Å². The molecule has 3 nitrogen and oxygen atoms in total. The second-order valence-corrected chi connectivity index (χ2v) is 5.67. The van der Waals surface area contributed by atoms with E-state index in [9.17, 15) is 9.18 Å². The summed E-state index contributed by atoms with van der Waals surface area (Å²) in [6, 6.07) is 10.9. The number of halogens is 3. The SMILES string of the molecule is O=C(/C=C/c1ccc(Cl)cc1Cl)NC(=S)Nc1ccccc1F. The normalized spacial score (nSPS) is 10.6. The predicted octanol–water partition coefficient (Wildman–Crippen LogP) is 4.66. The Morgan fingerprint density at radius 1 is 1.17 bits per heavy atom. The lowest BCUT2D eigenvalue weighted by molar-refractivity contribution is -0.115. The van der Waals surface area contributed by atoms with Gasteiger partial charge >= 0.3 is 0 Å². The average Bonchev–Trinajstić information content (AvgIpc) is 2.48. The Kier molecular flexibility index (Phi) is 6.10. The van der Waals surface area contributed by atoms with Crippen molar-refractivity contribution >= 4 is 58.2 Å². The van der Waals surface area contributed by atoms with Crippen LogP contribution in [0.2, 0.25) is 10.0 Å². The maximum atomic E-state index is 13.5. The van der Waals surface area contributed by atoms with Gasteiger partial charge in [-0.3, -0.25) is 10.1 Å². The summed E-state index contributed by atoms with van der Waals surface area (Å²) < 4.78 is 13.5. The number of hydrogen-bond acceptors (Lipinski definition) is 2. The van der Waals surface area contributed by atoms with Gasteiger partial charge in [0.1, 0.15) is 5.82 Å². The van der Waals surface area contributed by atoms with Crippen LogP contribution in [-0.2, 0) is 4.79 Å². The van der Waals surface area contributed by atoms with E-state index in [4.69, 9.17) is 35.4 Å². The van der Waals surface area contributed by atoms with Crippen LogP contribution in [0.4, 0.5) is 10.1 Å². The number of rotatable bonds is 3. The molecule has 7 heteroatoms. The Morgan fingerprint density at radius 3 is 2.61 bits per heavy atom. The molecule has 0 atom stereocenters. The first kappa shape index (κ1) is 17.4. The first-order valence-corrected chi connectivity index (χ1v) is 7.62. The Morgan fingerprint density at radius 2 is 1.91 bits per heavy atom. The first-order valence-electron chi connectivity index (χ1n) is 6.45. The highest BCUT2D eigenvalue weighted by molar-refractivity contribution is 7.80. The van der Waals surface area contributed by atoms with E-state index >= 15 is 0 Å². The summed E-state index contributed by atoms with van der Waals surface area (Å²) in [5, 5.41) is 5.94. The molecule has 2 aromatic carbocycles. The van der Waals surface area contributed by atoms with Crippen LogP contribution in [0, 0.1) is 5.82 Å². The molecule has 118 valence electrons. The highest BCUT2D eigenvalue weighted by Gasteiger charge is 2.05. The highest BCUT2D eigenvalue weighted by atomic mass is 35.5. The smallest absolute Gasteiger partial charge is 0.250 e. The van der Waals surface area contributed by atoms with Gasteiger partial charge < -0.3 is 5.32 Å². The van der Waals surface area contributed by atoms with Crippen molar-refractivity contribution in [1.82, 2.24) is 5.32 Å². The van der Waals surface area contributed by atoms with Crippen molar-refractivity contribution in [1.29, 1.82) is 0 Å². The molecular formula is C16H11Cl2FN2OS. The highest BCUT2D eigenvalue weighted by Crippen LogP contribution is 2.21. The minimum atomic E-state index is -0.468. The maximum Gasteiger partial charge on any atom is 0.250 e. The van der Waals surface area contributed by atoms with E-state index in [2.05, 4.69) is 10.6 Å². The predicted molar refractivity (Wildman–Crippen MR) is 96.3 cm³/mol. The molecule has 0 unspecified atom stereocenters. The number of para-hydroxylation sites is 1. The Bertz CT molecular complexity index is 780. The molecular weight excluding hydrogens is 358 g/mol. The quantitative estimate of drug-likeness (QED) is 0.611. The van der Waals surface area contributed by atoms with Crippen LogP contribution >= 0.6 is 35.4 Å². The summed E-state index contributed by atoms with van der Waals surface area (Å²) >= 11 is 16.7. The van der Waals surface area contributed by atoms with Gasteiger partial charge in [0, 0.05) is 16.1 Å². The van der Waals surface area contributed by atoms with Crippen molar-refractivity contribution in [3.63, 3.8) is 0 Å². The first-order chi connectivity index (χ1) is 11.0. The zero-order chi connectivity index (χ0) is 16.8. The van der Waals surface area contributed by atoms with Gasteiger partial charge in [-0.25, -0.2) is 4.39 Å². The molecule has 0 aliphatic heterocycles. The summed E-state index contributed by atoms with van der Waals surface area (Å²) in [6.07, 6.45) is 2.80. The van der Waals surface area contributed by atoms with Gasteiger partial charge in [-0.1, -0.05) is 41.4 Å². The summed E-state index contributed by atoms with van der Waals surface area (Å²) in [5.41, 5.74) is 0.821. The molecule has 0 spiro atoms. The lowest BCUT2D eigenvalue weighted by atomic mass is 10.2. The van der Waals surface area contributed by atoms with Gasteiger partial charge in [0.2, 0.25) is 5.91 Å². The number of amides is 1. The van der Waals surface area contributed by atoms with E-state index in [1.807, 2.05) is 0 Å². The zero-order valence-electron chi connectivity index (χ0n) is 11.6. The van der Waals surface area contributed by atoms with Crippen LogP contribution in [0.3, 0.4) is 0 Å². The van der Waals surface area contributed by atoms with Crippen LogP contribution in [0.15, 0.2) is 48.5 Å². The standard InChI is InChI=1S/C16H11Cl2FN2OS/c17-11-7-5-10(12(18)9-11)6-8-15(22)21-16(23)20-14-4-2-1-3-13(14)19/h1-9H,(H2,20,21,22,23)/b8-6+. The second kappa shape index (κ2) is 8.06. The summed E-state index contributed by atoms with van der Waals surface area (Å²) in [6.45, 7) is 0. The maximum absolute atomic E-state index is 13.5. The van der Waals surface area contributed by atoms with E-state index in [1.165, 1.54) is 24.3 Å². The number of benzene rings is 2. The molecule has 0 aliphatic rings. The molecule has 0 saturated heterocycles. The van der Waals surface area contributed by atoms with E-state index < -0.39 is 11.7 Å². The molecule has 2 rings (SSSR count). The number of carbonyl (C=O) groups excluding carboxylic acids is 1. The monoisotopic (exact) mass is 368 g/mol. The van der Waals surface area contributed by atoms with Gasteiger partial charge in [0.05, 0.1) is 5.69 Å². The van der Waals surface area contributed by atoms with Crippen molar-refractivity contribution in [2.45, 2.75) is 0 Å². The Labute approximate surface area is 148 Å². The summed E-state index contributed by atoms with van der Waals surface area (Å²) in [4.78, 5) is 11.8. The largest absolute Gasteiger partial charge is 0.330 e. The number of nitrogens with one attached hydrogen (secondary N) is 2. The lowest BCUT2D eigenvalue weighted by Crippen LogP contribution is -2.33. The minimum Gasteiger partial charge on any atom is -0.330 e. The number of thiocarbonyl (C=S) groups is 1. The zero-order valence-corrected chi connectivity index (χ0v) is 14.0. The van der Waals surface area contributed by atoms with Crippen molar-refractivity contribution in [3.05, 3.63) is 70.0 Å². The van der Waals surface area contributed by atoms with Crippen molar-refractivity contribution in [2.24, 2.45) is 0 Å². The van der Waals surface area contributed by atoms with Crippen LogP contribution in [-0.4, -0.2) is 11.0 Å². The molecule has 0 aromatic heterocycles. The molecule has 2 N–H and O–H groups in total. The van der Waals surface area contributed by atoms with Gasteiger partial charge in [-0.15, -0.1) is 0 Å². The van der Waals surface area contributed by atoms with Crippen LogP contribution in [0.5, 0.6) is 0 Å². The van der Waals surface area contributed by atoms with E-state index in [1.54, 1.807) is 30.3 Å². The molecule has 23 heavy (non-hydrogen) atoms. The van der Waals surface area contributed by atoms with Gasteiger partial charge in [0.15, 0.2) is 5.11 Å². The molecule has 0 bridgehead atoms. The van der Waals surface area contributed by atoms with Crippen LogP contribution in [0.25, 0.3) is 6.08 Å². The van der Waals surface area contributed by atoms with E-state index in [0.29, 0.717) is 15.6 Å². The third-order valence-corrected chi connectivity index (χ3v) is 3.50. The molecule has 0 aliphatic carbocycles. The third-order valence-electron chi connectivity index (χ3n) is 2.74. The van der Waals surface area contributed by atoms with Crippen LogP contribution < -0.4 is 10.6 Å². The molecule has 2 aromatic rings. The lowest BCUT2D eigenvalue weighted by Gasteiger charge is -2.08. The van der Waals surface area contributed by atoms with E-state index in [-0.39, 0.29) is 10.8 Å². The molecule has 0 fully saturated rings. The Hall–Kier alpha value is -1.95. The Balaban J connectivity index is 1.95. The molecule has 0 saturated carbocycles. The van der Waals surface area contributed by atoms with Crippen molar-refractivity contribution in [3.8, 4) is 0 Å². The fourth-order valence-electron chi connectivity index (χ4n) is 1.67. The molecule has 0 heterocycles. The topological polar surface area (TPSA) is 41.1 Å². The number of hydrogen-bond donors (Lipinski definition) is 2. The minimum absolute atomic E-state index is 0.00745. The second-order valence-electron chi connectivity index (χ2n) is 4.42. The summed E-state index contributed by atoms with van der Waals surface area (Å²) in [7, 11) is 0.